The average molecular weight is 347 g/mol. The molecule has 2 aromatic rings. The Morgan fingerprint density at radius 1 is 1.10 bits per heavy atom. The second kappa shape index (κ2) is 6.81. The first-order valence-electron chi connectivity index (χ1n) is 5.99. The topological polar surface area (TPSA) is 78.8 Å². The lowest BCUT2D eigenvalue weighted by Gasteiger charge is -2.02. The van der Waals surface area contributed by atoms with Gasteiger partial charge in [0.15, 0.2) is 0 Å². The standard InChI is InChI=1S/C15H11BrN2O3/c16-13-4-2-1-3-12(13)14(19)18-17-9-10-5-7-11(8-6-10)15(20)21/h1-9H,(H,18,19)(H,20,21). The highest BCUT2D eigenvalue weighted by atomic mass is 79.9. The number of halogens is 1. The van der Waals surface area contributed by atoms with Crippen LogP contribution in [0.3, 0.4) is 0 Å². The van der Waals surface area contributed by atoms with Crippen molar-refractivity contribution in [3.05, 3.63) is 69.7 Å². The molecular weight excluding hydrogens is 336 g/mol. The number of carboxylic acids is 1. The van der Waals surface area contributed by atoms with Gasteiger partial charge in [-0.1, -0.05) is 24.3 Å². The van der Waals surface area contributed by atoms with E-state index in [4.69, 9.17) is 5.11 Å². The maximum Gasteiger partial charge on any atom is 0.335 e. The lowest BCUT2D eigenvalue weighted by Crippen LogP contribution is -2.18. The van der Waals surface area contributed by atoms with Crippen LogP contribution in [0.25, 0.3) is 0 Å². The number of hydrogen-bond acceptors (Lipinski definition) is 3. The third kappa shape index (κ3) is 4.00. The Balaban J connectivity index is 2.01. The molecule has 0 saturated carbocycles. The molecular formula is C15H11BrN2O3. The number of aromatic carboxylic acids is 1. The van der Waals surface area contributed by atoms with Gasteiger partial charge in [0, 0.05) is 4.47 Å². The molecule has 0 heterocycles. The molecule has 0 aromatic heterocycles. The molecule has 2 aromatic carbocycles. The second-order valence-corrected chi connectivity index (χ2v) is 4.96. The summed E-state index contributed by atoms with van der Waals surface area (Å²) < 4.78 is 0.684. The van der Waals surface area contributed by atoms with Crippen LogP contribution >= 0.6 is 15.9 Å². The summed E-state index contributed by atoms with van der Waals surface area (Å²) in [4.78, 5) is 22.6. The lowest BCUT2D eigenvalue weighted by molar-refractivity contribution is 0.0696. The summed E-state index contributed by atoms with van der Waals surface area (Å²) in [7, 11) is 0. The Morgan fingerprint density at radius 2 is 1.76 bits per heavy atom. The quantitative estimate of drug-likeness (QED) is 0.659. The van der Waals surface area contributed by atoms with Crippen LogP contribution in [-0.4, -0.2) is 23.2 Å². The van der Waals surface area contributed by atoms with Crippen LogP contribution in [0.2, 0.25) is 0 Å². The maximum absolute atomic E-state index is 11.9. The highest BCUT2D eigenvalue weighted by molar-refractivity contribution is 9.10. The minimum Gasteiger partial charge on any atom is -0.478 e. The summed E-state index contributed by atoms with van der Waals surface area (Å²) in [6, 6.07) is 13.2. The molecule has 0 aliphatic rings. The number of nitrogens with zero attached hydrogens (tertiary/aromatic N) is 1. The van der Waals surface area contributed by atoms with Gasteiger partial charge in [0.05, 0.1) is 17.3 Å². The number of hydrogen-bond donors (Lipinski definition) is 2. The molecule has 0 aliphatic heterocycles. The van der Waals surface area contributed by atoms with E-state index in [0.29, 0.717) is 15.6 Å². The first-order valence-corrected chi connectivity index (χ1v) is 6.78. The van der Waals surface area contributed by atoms with Crippen LogP contribution in [-0.2, 0) is 0 Å². The molecule has 0 radical (unpaired) electrons. The minimum absolute atomic E-state index is 0.199. The van der Waals surface area contributed by atoms with Gasteiger partial charge in [0.2, 0.25) is 0 Å². The van der Waals surface area contributed by atoms with Crippen LogP contribution in [0, 0.1) is 0 Å². The zero-order valence-corrected chi connectivity index (χ0v) is 12.4. The number of benzene rings is 2. The summed E-state index contributed by atoms with van der Waals surface area (Å²) in [5.74, 6) is -1.32. The second-order valence-electron chi connectivity index (χ2n) is 4.11. The first-order chi connectivity index (χ1) is 10.1. The maximum atomic E-state index is 11.9. The van der Waals surface area contributed by atoms with Gasteiger partial charge in [0.25, 0.3) is 5.91 Å². The molecule has 1 amide bonds. The van der Waals surface area contributed by atoms with E-state index >= 15 is 0 Å². The Hall–Kier alpha value is -2.47. The molecule has 5 nitrogen and oxygen atoms in total. The van der Waals surface area contributed by atoms with Crippen LogP contribution < -0.4 is 5.43 Å². The number of hydrazone groups is 1. The van der Waals surface area contributed by atoms with E-state index in [9.17, 15) is 9.59 Å². The predicted octanol–water partition coefficient (Wildman–Crippen LogP) is 2.91. The molecule has 6 heteroatoms. The van der Waals surface area contributed by atoms with Gasteiger partial charge in [-0.2, -0.15) is 5.10 Å². The number of carbonyl (C=O) groups excluding carboxylic acids is 1. The van der Waals surface area contributed by atoms with Gasteiger partial charge in [0.1, 0.15) is 0 Å². The Labute approximate surface area is 129 Å². The van der Waals surface area contributed by atoms with Gasteiger partial charge < -0.3 is 5.11 Å². The fourth-order valence-corrected chi connectivity index (χ4v) is 2.05. The molecule has 21 heavy (non-hydrogen) atoms. The molecule has 0 aliphatic carbocycles. The van der Waals surface area contributed by atoms with E-state index in [2.05, 4.69) is 26.5 Å². The summed E-state index contributed by atoms with van der Waals surface area (Å²) >= 11 is 3.29. The van der Waals surface area contributed by atoms with Crippen molar-refractivity contribution in [2.75, 3.05) is 0 Å². The van der Waals surface area contributed by atoms with E-state index in [1.54, 1.807) is 30.3 Å². The third-order valence-corrected chi connectivity index (χ3v) is 3.35. The number of amides is 1. The number of carboxylic acid groups (broad SMARTS) is 1. The summed E-state index contributed by atoms with van der Waals surface area (Å²) in [5, 5.41) is 12.6. The van der Waals surface area contributed by atoms with Crippen molar-refractivity contribution >= 4 is 34.0 Å². The smallest absolute Gasteiger partial charge is 0.335 e. The van der Waals surface area contributed by atoms with Crippen molar-refractivity contribution in [2.24, 2.45) is 5.10 Å². The summed E-state index contributed by atoms with van der Waals surface area (Å²) in [6.45, 7) is 0. The minimum atomic E-state index is -0.985. The highest BCUT2D eigenvalue weighted by Crippen LogP contribution is 2.15. The van der Waals surface area contributed by atoms with Crippen LogP contribution in [0.5, 0.6) is 0 Å². The van der Waals surface area contributed by atoms with E-state index in [1.165, 1.54) is 18.3 Å². The van der Waals surface area contributed by atoms with Gasteiger partial charge in [-0.25, -0.2) is 10.2 Å². The Kier molecular flexibility index (Phi) is 4.84. The lowest BCUT2D eigenvalue weighted by atomic mass is 10.1. The van der Waals surface area contributed by atoms with Crippen LogP contribution in [0.1, 0.15) is 26.3 Å². The van der Waals surface area contributed by atoms with Gasteiger partial charge >= 0.3 is 5.97 Å². The molecule has 0 unspecified atom stereocenters. The predicted molar refractivity (Wildman–Crippen MR) is 82.6 cm³/mol. The van der Waals surface area contributed by atoms with Crippen molar-refractivity contribution in [2.45, 2.75) is 0 Å². The van der Waals surface area contributed by atoms with E-state index in [0.717, 1.165) is 0 Å². The average Bonchev–Trinajstić information content (AvgIpc) is 2.48. The first kappa shape index (κ1) is 14.9. The fourth-order valence-electron chi connectivity index (χ4n) is 1.58. The summed E-state index contributed by atoms with van der Waals surface area (Å²) in [5.41, 5.74) is 3.78. The van der Waals surface area contributed by atoms with Gasteiger partial charge in [-0.15, -0.1) is 0 Å². The van der Waals surface area contributed by atoms with Crippen molar-refractivity contribution in [3.8, 4) is 0 Å². The number of rotatable bonds is 4. The molecule has 2 rings (SSSR count). The monoisotopic (exact) mass is 346 g/mol. The van der Waals surface area contributed by atoms with Gasteiger partial charge in [-0.05, 0) is 45.8 Å². The molecule has 2 N–H and O–H groups in total. The number of nitrogens with one attached hydrogen (secondary N) is 1. The Bertz CT molecular complexity index is 696. The fraction of sp³-hybridized carbons (Fsp3) is 0. The van der Waals surface area contributed by atoms with Crippen molar-refractivity contribution < 1.29 is 14.7 Å². The van der Waals surface area contributed by atoms with Crippen molar-refractivity contribution in [1.29, 1.82) is 0 Å². The molecule has 0 spiro atoms. The zero-order valence-electron chi connectivity index (χ0n) is 10.8. The van der Waals surface area contributed by atoms with Crippen LogP contribution in [0.4, 0.5) is 0 Å². The Morgan fingerprint density at radius 3 is 2.38 bits per heavy atom. The van der Waals surface area contributed by atoms with Gasteiger partial charge in [-0.3, -0.25) is 4.79 Å². The SMILES string of the molecule is O=C(O)c1ccc(C=NNC(=O)c2ccccc2Br)cc1. The number of carbonyl (C=O) groups is 2. The largest absolute Gasteiger partial charge is 0.478 e. The molecule has 106 valence electrons. The van der Waals surface area contributed by atoms with E-state index in [1.807, 2.05) is 6.07 Å². The molecule has 0 bridgehead atoms. The third-order valence-electron chi connectivity index (χ3n) is 2.66. The molecule has 0 saturated heterocycles. The highest BCUT2D eigenvalue weighted by Gasteiger charge is 2.07. The van der Waals surface area contributed by atoms with Crippen molar-refractivity contribution in [1.82, 2.24) is 5.43 Å². The van der Waals surface area contributed by atoms with Crippen LogP contribution in [0.15, 0.2) is 58.1 Å². The zero-order chi connectivity index (χ0) is 15.2. The van der Waals surface area contributed by atoms with E-state index in [-0.39, 0.29) is 11.5 Å². The van der Waals surface area contributed by atoms with E-state index < -0.39 is 5.97 Å². The van der Waals surface area contributed by atoms with Crippen molar-refractivity contribution in [3.63, 3.8) is 0 Å². The summed E-state index contributed by atoms with van der Waals surface area (Å²) in [6.07, 6.45) is 1.44. The molecule has 0 fully saturated rings. The normalized spacial score (nSPS) is 10.5. The molecule has 0 atom stereocenters.